The van der Waals surface area contributed by atoms with Crippen LogP contribution in [0.2, 0.25) is 0 Å². The summed E-state index contributed by atoms with van der Waals surface area (Å²) in [5, 5.41) is 3.09. The maximum atomic E-state index is 12.2. The lowest BCUT2D eigenvalue weighted by atomic mass is 9.91. The van der Waals surface area contributed by atoms with Gasteiger partial charge < -0.3 is 5.32 Å². The summed E-state index contributed by atoms with van der Waals surface area (Å²) in [6.07, 6.45) is 3.99. The van der Waals surface area contributed by atoms with Crippen LogP contribution in [-0.2, 0) is 9.84 Å². The van der Waals surface area contributed by atoms with Crippen LogP contribution >= 0.6 is 0 Å². The van der Waals surface area contributed by atoms with Gasteiger partial charge in [-0.25, -0.2) is 8.42 Å². The first-order chi connectivity index (χ1) is 7.45. The molecule has 0 amide bonds. The van der Waals surface area contributed by atoms with Crippen molar-refractivity contribution in [3.8, 4) is 0 Å². The second-order valence-electron chi connectivity index (χ2n) is 5.18. The summed E-state index contributed by atoms with van der Waals surface area (Å²) in [4.78, 5) is 0. The predicted octanol–water partition coefficient (Wildman–Crippen LogP) is 1.98. The molecule has 1 aliphatic carbocycles. The first kappa shape index (κ1) is 14.0. The van der Waals surface area contributed by atoms with E-state index in [2.05, 4.69) is 12.2 Å². The highest BCUT2D eigenvalue weighted by molar-refractivity contribution is 7.92. The molecule has 4 heteroatoms. The Balaban J connectivity index is 2.55. The molecule has 1 fully saturated rings. The smallest absolute Gasteiger partial charge is 0.154 e. The van der Waals surface area contributed by atoms with Crippen molar-refractivity contribution in [2.24, 2.45) is 5.92 Å². The topological polar surface area (TPSA) is 46.2 Å². The minimum absolute atomic E-state index is 0.0761. The average molecular weight is 247 g/mol. The molecule has 3 atom stereocenters. The molecule has 3 nitrogen and oxygen atoms in total. The standard InChI is InChI=1S/C12H25NO2S/c1-4-13-11(3)9-16(14,15)12-7-5-6-10(2)8-12/h10-13H,4-9H2,1-3H3. The molecule has 0 spiro atoms. The van der Waals surface area contributed by atoms with Gasteiger partial charge in [-0.1, -0.05) is 26.7 Å². The Morgan fingerprint density at radius 3 is 2.62 bits per heavy atom. The minimum Gasteiger partial charge on any atom is -0.314 e. The molecule has 0 aliphatic heterocycles. The molecular weight excluding hydrogens is 222 g/mol. The van der Waals surface area contributed by atoms with Crippen molar-refractivity contribution in [1.82, 2.24) is 5.32 Å². The molecule has 0 saturated heterocycles. The van der Waals surface area contributed by atoms with E-state index in [0.717, 1.165) is 25.8 Å². The molecule has 0 bridgehead atoms. The largest absolute Gasteiger partial charge is 0.314 e. The fourth-order valence-corrected chi connectivity index (χ4v) is 4.83. The van der Waals surface area contributed by atoms with E-state index in [0.29, 0.717) is 5.92 Å². The van der Waals surface area contributed by atoms with Crippen LogP contribution in [0.5, 0.6) is 0 Å². The van der Waals surface area contributed by atoms with Gasteiger partial charge in [0.2, 0.25) is 0 Å². The van der Waals surface area contributed by atoms with Crippen molar-refractivity contribution < 1.29 is 8.42 Å². The molecule has 0 aromatic heterocycles. The van der Waals surface area contributed by atoms with Gasteiger partial charge in [0.25, 0.3) is 0 Å². The maximum absolute atomic E-state index is 12.2. The highest BCUT2D eigenvalue weighted by Crippen LogP contribution is 2.28. The first-order valence-corrected chi connectivity index (χ1v) is 8.12. The van der Waals surface area contributed by atoms with Crippen molar-refractivity contribution in [2.45, 2.75) is 57.7 Å². The Hall–Kier alpha value is -0.0900. The van der Waals surface area contributed by atoms with Gasteiger partial charge in [0, 0.05) is 6.04 Å². The lowest BCUT2D eigenvalue weighted by Gasteiger charge is -2.27. The van der Waals surface area contributed by atoms with Gasteiger partial charge in [0.1, 0.15) is 0 Å². The van der Waals surface area contributed by atoms with Crippen LogP contribution in [0, 0.1) is 5.92 Å². The van der Waals surface area contributed by atoms with E-state index in [1.54, 1.807) is 0 Å². The summed E-state index contributed by atoms with van der Waals surface area (Å²) < 4.78 is 24.4. The van der Waals surface area contributed by atoms with Gasteiger partial charge in [-0.2, -0.15) is 0 Å². The molecule has 1 aliphatic rings. The Bertz CT molecular complexity index is 300. The molecule has 0 aromatic rings. The number of rotatable bonds is 5. The van der Waals surface area contributed by atoms with Gasteiger partial charge >= 0.3 is 0 Å². The van der Waals surface area contributed by atoms with Crippen LogP contribution < -0.4 is 5.32 Å². The van der Waals surface area contributed by atoms with E-state index in [4.69, 9.17) is 0 Å². The molecule has 1 rings (SSSR count). The lowest BCUT2D eigenvalue weighted by Crippen LogP contribution is -2.38. The van der Waals surface area contributed by atoms with Crippen LogP contribution in [0.1, 0.15) is 46.5 Å². The zero-order valence-corrected chi connectivity index (χ0v) is 11.5. The third-order valence-electron chi connectivity index (χ3n) is 3.43. The molecule has 1 N–H and O–H groups in total. The summed E-state index contributed by atoms with van der Waals surface area (Å²) in [5.41, 5.74) is 0. The SMILES string of the molecule is CCNC(C)CS(=O)(=O)C1CCCC(C)C1. The summed E-state index contributed by atoms with van der Waals surface area (Å²) in [6, 6.07) is 0.0761. The zero-order chi connectivity index (χ0) is 12.2. The Morgan fingerprint density at radius 1 is 1.38 bits per heavy atom. The zero-order valence-electron chi connectivity index (χ0n) is 10.7. The highest BCUT2D eigenvalue weighted by atomic mass is 32.2. The molecule has 3 unspecified atom stereocenters. The number of hydrogen-bond donors (Lipinski definition) is 1. The highest BCUT2D eigenvalue weighted by Gasteiger charge is 2.30. The van der Waals surface area contributed by atoms with Crippen molar-refractivity contribution in [3.63, 3.8) is 0 Å². The van der Waals surface area contributed by atoms with Crippen molar-refractivity contribution >= 4 is 9.84 Å². The van der Waals surface area contributed by atoms with Gasteiger partial charge in [-0.3, -0.25) is 0 Å². The van der Waals surface area contributed by atoms with E-state index in [1.807, 2.05) is 13.8 Å². The molecule has 0 aromatic carbocycles. The maximum Gasteiger partial charge on any atom is 0.154 e. The average Bonchev–Trinajstić information content (AvgIpc) is 2.17. The summed E-state index contributed by atoms with van der Waals surface area (Å²) in [6.45, 7) is 6.95. The number of nitrogens with one attached hydrogen (secondary N) is 1. The molecule has 16 heavy (non-hydrogen) atoms. The van der Waals surface area contributed by atoms with Crippen molar-refractivity contribution in [2.75, 3.05) is 12.3 Å². The van der Waals surface area contributed by atoms with E-state index in [9.17, 15) is 8.42 Å². The van der Waals surface area contributed by atoms with Gasteiger partial charge in [-0.15, -0.1) is 0 Å². The monoisotopic (exact) mass is 247 g/mol. The molecule has 0 radical (unpaired) electrons. The molecule has 96 valence electrons. The Labute approximate surface area is 99.9 Å². The van der Waals surface area contributed by atoms with E-state index < -0.39 is 9.84 Å². The third kappa shape index (κ3) is 4.06. The van der Waals surface area contributed by atoms with Crippen LogP contribution in [0.15, 0.2) is 0 Å². The fraction of sp³-hybridized carbons (Fsp3) is 1.00. The Morgan fingerprint density at radius 2 is 2.06 bits per heavy atom. The van der Waals surface area contributed by atoms with Crippen LogP contribution in [0.3, 0.4) is 0 Å². The van der Waals surface area contributed by atoms with Crippen molar-refractivity contribution in [3.05, 3.63) is 0 Å². The second kappa shape index (κ2) is 6.01. The van der Waals surface area contributed by atoms with Crippen LogP contribution in [0.25, 0.3) is 0 Å². The van der Waals surface area contributed by atoms with E-state index in [-0.39, 0.29) is 17.0 Å². The lowest BCUT2D eigenvalue weighted by molar-refractivity contribution is 0.381. The second-order valence-corrected chi connectivity index (χ2v) is 7.51. The minimum atomic E-state index is -2.90. The third-order valence-corrected chi connectivity index (χ3v) is 5.84. The summed E-state index contributed by atoms with van der Waals surface area (Å²) in [5.74, 6) is 0.862. The number of hydrogen-bond acceptors (Lipinski definition) is 3. The van der Waals surface area contributed by atoms with Gasteiger partial charge in [0.15, 0.2) is 9.84 Å². The molecule has 1 saturated carbocycles. The van der Waals surface area contributed by atoms with E-state index in [1.165, 1.54) is 6.42 Å². The van der Waals surface area contributed by atoms with Crippen LogP contribution in [-0.4, -0.2) is 32.0 Å². The number of sulfone groups is 1. The van der Waals surface area contributed by atoms with Crippen LogP contribution in [0.4, 0.5) is 0 Å². The van der Waals surface area contributed by atoms with E-state index >= 15 is 0 Å². The summed E-state index contributed by atoms with van der Waals surface area (Å²) in [7, 11) is -2.90. The van der Waals surface area contributed by atoms with Crippen molar-refractivity contribution in [1.29, 1.82) is 0 Å². The Kier molecular flexibility index (Phi) is 5.25. The molecule has 0 heterocycles. The van der Waals surface area contributed by atoms with Gasteiger partial charge in [-0.05, 0) is 32.2 Å². The van der Waals surface area contributed by atoms with Gasteiger partial charge in [0.05, 0.1) is 11.0 Å². The first-order valence-electron chi connectivity index (χ1n) is 6.40. The summed E-state index contributed by atoms with van der Waals surface area (Å²) >= 11 is 0. The fourth-order valence-electron chi connectivity index (χ4n) is 2.60. The predicted molar refractivity (Wildman–Crippen MR) is 68.3 cm³/mol. The quantitative estimate of drug-likeness (QED) is 0.808. The molecular formula is C12H25NO2S. The normalized spacial score (nSPS) is 28.9.